The Balaban J connectivity index is 1.83. The summed E-state index contributed by atoms with van der Waals surface area (Å²) in [6, 6.07) is 13.4. The van der Waals surface area contributed by atoms with Gasteiger partial charge in [-0.05, 0) is 37.1 Å². The van der Waals surface area contributed by atoms with Crippen LogP contribution in [0.3, 0.4) is 0 Å². The third kappa shape index (κ3) is 5.31. The topological polar surface area (TPSA) is 64.6 Å². The summed E-state index contributed by atoms with van der Waals surface area (Å²) in [6.45, 7) is 1.90. The Morgan fingerprint density at radius 2 is 1.88 bits per heavy atom. The van der Waals surface area contributed by atoms with Crippen molar-refractivity contribution >= 4 is 11.9 Å². The van der Waals surface area contributed by atoms with Gasteiger partial charge in [0.15, 0.2) is 17.7 Å². The van der Waals surface area contributed by atoms with Crippen molar-refractivity contribution in [1.82, 2.24) is 5.32 Å². The van der Waals surface area contributed by atoms with Crippen molar-refractivity contribution in [1.29, 1.82) is 0 Å². The highest BCUT2D eigenvalue weighted by molar-refractivity contribution is 5.92. The molecule has 0 aliphatic rings. The Morgan fingerprint density at radius 1 is 1.16 bits per heavy atom. The van der Waals surface area contributed by atoms with E-state index in [1.165, 1.54) is 26.2 Å². The van der Waals surface area contributed by atoms with Crippen LogP contribution in [0.4, 0.5) is 4.39 Å². The summed E-state index contributed by atoms with van der Waals surface area (Å²) in [5, 5.41) is 2.71. The average molecular weight is 345 g/mol. The second-order valence-corrected chi connectivity index (χ2v) is 5.42. The van der Waals surface area contributed by atoms with Gasteiger partial charge in [0.2, 0.25) is 0 Å². The summed E-state index contributed by atoms with van der Waals surface area (Å²) in [5.41, 5.74) is 1.11. The van der Waals surface area contributed by atoms with E-state index in [4.69, 9.17) is 9.47 Å². The Hall–Kier alpha value is -2.89. The third-order valence-electron chi connectivity index (χ3n) is 3.60. The van der Waals surface area contributed by atoms with E-state index in [9.17, 15) is 14.0 Å². The number of ether oxygens (including phenoxy) is 2. The van der Waals surface area contributed by atoms with E-state index in [2.05, 4.69) is 5.32 Å². The van der Waals surface area contributed by atoms with Crippen molar-refractivity contribution in [2.45, 2.75) is 19.4 Å². The molecule has 0 bridgehead atoms. The number of carbonyl (C=O) groups excluding carboxylic acids is 2. The monoisotopic (exact) mass is 345 g/mol. The smallest absolute Gasteiger partial charge is 0.339 e. The summed E-state index contributed by atoms with van der Waals surface area (Å²) in [5.74, 6) is -1.81. The highest BCUT2D eigenvalue weighted by Gasteiger charge is 2.19. The number of hydrogen-bond donors (Lipinski definition) is 1. The van der Waals surface area contributed by atoms with Crippen LogP contribution < -0.4 is 10.1 Å². The Morgan fingerprint density at radius 3 is 2.52 bits per heavy atom. The number of esters is 1. The van der Waals surface area contributed by atoms with E-state index in [0.717, 1.165) is 11.6 Å². The number of benzene rings is 2. The highest BCUT2D eigenvalue weighted by atomic mass is 19.1. The number of nitrogens with one attached hydrogen (secondary N) is 1. The van der Waals surface area contributed by atoms with Crippen LogP contribution in [0.2, 0.25) is 0 Å². The Bertz CT molecular complexity index is 733. The zero-order chi connectivity index (χ0) is 18.2. The average Bonchev–Trinajstić information content (AvgIpc) is 2.62. The minimum absolute atomic E-state index is 0.0160. The molecule has 6 heteroatoms. The van der Waals surface area contributed by atoms with E-state index in [-0.39, 0.29) is 11.3 Å². The Labute approximate surface area is 145 Å². The first-order valence-corrected chi connectivity index (χ1v) is 7.87. The molecule has 0 aliphatic carbocycles. The van der Waals surface area contributed by atoms with Crippen LogP contribution in [0.5, 0.6) is 5.75 Å². The summed E-state index contributed by atoms with van der Waals surface area (Å²) >= 11 is 0. The van der Waals surface area contributed by atoms with E-state index in [0.29, 0.717) is 13.0 Å². The van der Waals surface area contributed by atoms with Crippen molar-refractivity contribution < 1.29 is 23.5 Å². The molecular formula is C19H20FNO4. The minimum atomic E-state index is -0.978. The highest BCUT2D eigenvalue weighted by Crippen LogP contribution is 2.18. The molecule has 1 unspecified atom stereocenters. The molecule has 132 valence electrons. The zero-order valence-electron chi connectivity index (χ0n) is 14.1. The van der Waals surface area contributed by atoms with E-state index in [1.54, 1.807) is 0 Å². The molecule has 0 aliphatic heterocycles. The van der Waals surface area contributed by atoms with Crippen LogP contribution in [-0.2, 0) is 16.0 Å². The molecule has 0 spiro atoms. The second-order valence-electron chi connectivity index (χ2n) is 5.42. The molecule has 0 aromatic heterocycles. The number of carbonyl (C=O) groups is 2. The molecule has 0 fully saturated rings. The zero-order valence-corrected chi connectivity index (χ0v) is 14.1. The van der Waals surface area contributed by atoms with Gasteiger partial charge < -0.3 is 14.8 Å². The predicted molar refractivity (Wildman–Crippen MR) is 91.0 cm³/mol. The standard InChI is InChI=1S/C19H20FNO4/c1-13(18(22)21-11-10-14-6-4-3-5-7-14)25-19(23)15-8-9-17(24-2)16(20)12-15/h3-9,12-13H,10-11H2,1-2H3,(H,21,22). The molecule has 2 rings (SSSR count). The maximum Gasteiger partial charge on any atom is 0.339 e. The molecule has 1 N–H and O–H groups in total. The fourth-order valence-electron chi connectivity index (χ4n) is 2.19. The molecule has 0 heterocycles. The van der Waals surface area contributed by atoms with Crippen molar-refractivity contribution in [3.63, 3.8) is 0 Å². The third-order valence-corrected chi connectivity index (χ3v) is 3.60. The van der Waals surface area contributed by atoms with Gasteiger partial charge >= 0.3 is 5.97 Å². The van der Waals surface area contributed by atoms with Gasteiger partial charge in [-0.25, -0.2) is 9.18 Å². The quantitative estimate of drug-likeness (QED) is 0.784. The number of methoxy groups -OCH3 is 1. The van der Waals surface area contributed by atoms with Crippen LogP contribution in [0.1, 0.15) is 22.8 Å². The second kappa shape index (κ2) is 8.82. The Kier molecular flexibility index (Phi) is 6.51. The summed E-state index contributed by atoms with van der Waals surface area (Å²) in [4.78, 5) is 24.0. The largest absolute Gasteiger partial charge is 0.494 e. The van der Waals surface area contributed by atoms with Crippen molar-refractivity contribution in [3.8, 4) is 5.75 Å². The van der Waals surface area contributed by atoms with Crippen LogP contribution in [0.15, 0.2) is 48.5 Å². The first-order valence-electron chi connectivity index (χ1n) is 7.87. The van der Waals surface area contributed by atoms with Gasteiger partial charge in [0, 0.05) is 6.54 Å². The van der Waals surface area contributed by atoms with Crippen LogP contribution >= 0.6 is 0 Å². The van der Waals surface area contributed by atoms with Gasteiger partial charge in [-0.3, -0.25) is 4.79 Å². The lowest BCUT2D eigenvalue weighted by Crippen LogP contribution is -2.36. The molecular weight excluding hydrogens is 325 g/mol. The van der Waals surface area contributed by atoms with Gasteiger partial charge in [-0.15, -0.1) is 0 Å². The first kappa shape index (κ1) is 18.4. The fraction of sp³-hybridized carbons (Fsp3) is 0.263. The van der Waals surface area contributed by atoms with E-state index < -0.39 is 23.8 Å². The lowest BCUT2D eigenvalue weighted by atomic mass is 10.1. The molecule has 2 aromatic carbocycles. The summed E-state index contributed by atoms with van der Waals surface area (Å²) in [6.07, 6.45) is -0.301. The predicted octanol–water partition coefficient (Wildman–Crippen LogP) is 2.74. The summed E-state index contributed by atoms with van der Waals surface area (Å²) < 4.78 is 23.5. The first-order chi connectivity index (χ1) is 12.0. The van der Waals surface area contributed by atoms with Gasteiger partial charge in [0.05, 0.1) is 12.7 Å². The van der Waals surface area contributed by atoms with E-state index >= 15 is 0 Å². The fourth-order valence-corrected chi connectivity index (χ4v) is 2.19. The van der Waals surface area contributed by atoms with E-state index in [1.807, 2.05) is 30.3 Å². The number of halogens is 1. The van der Waals surface area contributed by atoms with Crippen molar-refractivity contribution in [2.75, 3.05) is 13.7 Å². The molecule has 25 heavy (non-hydrogen) atoms. The number of hydrogen-bond acceptors (Lipinski definition) is 4. The molecule has 0 saturated carbocycles. The normalized spacial score (nSPS) is 11.5. The van der Waals surface area contributed by atoms with Gasteiger partial charge in [-0.2, -0.15) is 0 Å². The lowest BCUT2D eigenvalue weighted by Gasteiger charge is -2.14. The maximum atomic E-state index is 13.6. The summed E-state index contributed by atoms with van der Waals surface area (Å²) in [7, 11) is 1.33. The van der Waals surface area contributed by atoms with Crippen LogP contribution in [0.25, 0.3) is 0 Å². The van der Waals surface area contributed by atoms with Gasteiger partial charge in [0.1, 0.15) is 0 Å². The van der Waals surface area contributed by atoms with Crippen molar-refractivity contribution in [3.05, 3.63) is 65.5 Å². The van der Waals surface area contributed by atoms with Crippen LogP contribution in [-0.4, -0.2) is 31.6 Å². The SMILES string of the molecule is COc1ccc(C(=O)OC(C)C(=O)NCCc2ccccc2)cc1F. The number of rotatable bonds is 7. The number of amides is 1. The molecule has 0 saturated heterocycles. The molecule has 2 aromatic rings. The van der Waals surface area contributed by atoms with Crippen LogP contribution in [0, 0.1) is 5.82 Å². The van der Waals surface area contributed by atoms with Gasteiger partial charge in [-0.1, -0.05) is 30.3 Å². The molecule has 5 nitrogen and oxygen atoms in total. The molecule has 0 radical (unpaired) electrons. The maximum absolute atomic E-state index is 13.6. The molecule has 1 amide bonds. The minimum Gasteiger partial charge on any atom is -0.494 e. The lowest BCUT2D eigenvalue weighted by molar-refractivity contribution is -0.129. The van der Waals surface area contributed by atoms with Crippen molar-refractivity contribution in [2.24, 2.45) is 0 Å². The van der Waals surface area contributed by atoms with Gasteiger partial charge in [0.25, 0.3) is 5.91 Å². The molecule has 1 atom stereocenters.